The Kier molecular flexibility index (Phi) is 3.50. The number of nitrogens with zero attached hydrogens (tertiary/aromatic N) is 2. The largest absolute Gasteiger partial charge is 0.349 e. The van der Waals surface area contributed by atoms with Crippen molar-refractivity contribution >= 4 is 34.0 Å². The molecule has 0 aliphatic carbocycles. The topological polar surface area (TPSA) is 49.0 Å². The van der Waals surface area contributed by atoms with Crippen molar-refractivity contribution in [3.8, 4) is 0 Å². The van der Waals surface area contributed by atoms with E-state index in [2.05, 4.69) is 10.3 Å². The first-order chi connectivity index (χ1) is 10.5. The molecule has 0 saturated heterocycles. The van der Waals surface area contributed by atoms with Gasteiger partial charge in [0, 0.05) is 11.8 Å². The molecular weight excluding hydrogens is 319 g/mol. The Hall–Kier alpha value is -2.54. The maximum atomic E-state index is 13.4. The van der Waals surface area contributed by atoms with E-state index in [4.69, 9.17) is 11.6 Å². The Morgan fingerprint density at radius 3 is 2.50 bits per heavy atom. The van der Waals surface area contributed by atoms with E-state index in [0.29, 0.717) is 10.4 Å². The van der Waals surface area contributed by atoms with E-state index < -0.39 is 17.5 Å². The molecule has 0 aliphatic heterocycles. The van der Waals surface area contributed by atoms with E-state index in [9.17, 15) is 18.4 Å². The van der Waals surface area contributed by atoms with Crippen LogP contribution >= 0.6 is 11.6 Å². The average molecular weight is 327 g/mol. The van der Waals surface area contributed by atoms with Crippen molar-refractivity contribution in [3.05, 3.63) is 59.1 Å². The van der Waals surface area contributed by atoms with Crippen molar-refractivity contribution in [2.45, 2.75) is 0 Å². The van der Waals surface area contributed by atoms with Gasteiger partial charge in [-0.05, 0) is 34.0 Å². The van der Waals surface area contributed by atoms with Crippen LogP contribution in [0.5, 0.6) is 0 Å². The van der Waals surface area contributed by atoms with Crippen LogP contribution in [0.2, 0.25) is 5.02 Å². The Morgan fingerprint density at radius 1 is 1.05 bits per heavy atom. The molecule has 0 amide bonds. The van der Waals surface area contributed by atoms with Crippen LogP contribution < -0.4 is 10.0 Å². The molecule has 2 aromatic carbocycles. The summed E-state index contributed by atoms with van der Waals surface area (Å²) in [6, 6.07) is 5.63. The zero-order chi connectivity index (χ0) is 15.9. The van der Waals surface area contributed by atoms with Crippen LogP contribution in [0.15, 0.2) is 36.7 Å². The molecule has 1 aromatic heterocycles. The number of hydrogen-bond donors (Lipinski definition) is 2. The summed E-state index contributed by atoms with van der Waals surface area (Å²) in [7, 11) is 0. The third-order valence-electron chi connectivity index (χ3n) is 3.02. The van der Waals surface area contributed by atoms with Crippen molar-refractivity contribution < 1.29 is 23.1 Å². The van der Waals surface area contributed by atoms with Crippen LogP contribution in [-0.4, -0.2) is 10.2 Å². The van der Waals surface area contributed by atoms with Gasteiger partial charge in [0.2, 0.25) is 0 Å². The highest BCUT2D eigenvalue weighted by Gasteiger charge is 2.18. The van der Waals surface area contributed by atoms with Gasteiger partial charge in [0.1, 0.15) is 5.82 Å². The molecule has 0 spiro atoms. The lowest BCUT2D eigenvalue weighted by molar-refractivity contribution is -0.886. The lowest BCUT2D eigenvalue weighted by Gasteiger charge is -2.06. The fourth-order valence-corrected chi connectivity index (χ4v) is 2.15. The summed E-state index contributed by atoms with van der Waals surface area (Å²) in [6.45, 7) is 0. The molecule has 2 N–H and O–H groups in total. The molecule has 112 valence electrons. The smallest absolute Gasteiger partial charge is 0.328 e. The van der Waals surface area contributed by atoms with Crippen LogP contribution in [0.4, 0.5) is 24.7 Å². The summed E-state index contributed by atoms with van der Waals surface area (Å²) in [5, 5.41) is 12.5. The van der Waals surface area contributed by atoms with Gasteiger partial charge in [-0.2, -0.15) is 0 Å². The Balaban J connectivity index is 2.12. The highest BCUT2D eigenvalue weighted by Crippen LogP contribution is 2.26. The summed E-state index contributed by atoms with van der Waals surface area (Å²) >= 11 is 5.68. The number of rotatable bonds is 2. The molecule has 3 aromatic rings. The Labute approximate surface area is 127 Å². The second kappa shape index (κ2) is 5.34. The van der Waals surface area contributed by atoms with Gasteiger partial charge in [-0.25, -0.2) is 13.2 Å². The van der Waals surface area contributed by atoms with Gasteiger partial charge in [-0.15, -0.1) is 0 Å². The van der Waals surface area contributed by atoms with Crippen molar-refractivity contribution in [3.63, 3.8) is 0 Å². The minimum absolute atomic E-state index is 0.0182. The molecule has 0 fully saturated rings. The summed E-state index contributed by atoms with van der Waals surface area (Å²) in [5.41, 5.74) is 0.422. The zero-order valence-electron chi connectivity index (χ0n) is 10.8. The number of aromatic nitrogens is 2. The van der Waals surface area contributed by atoms with Crippen LogP contribution in [0.1, 0.15) is 0 Å². The number of hydrogen-bond acceptors (Lipinski definition) is 3. The monoisotopic (exact) mass is 326 g/mol. The van der Waals surface area contributed by atoms with Crippen LogP contribution in [0, 0.1) is 17.5 Å². The molecule has 22 heavy (non-hydrogen) atoms. The molecule has 0 unspecified atom stereocenters. The Bertz CT molecular complexity index is 889. The summed E-state index contributed by atoms with van der Waals surface area (Å²) in [4.78, 5) is 3.90. The third-order valence-corrected chi connectivity index (χ3v) is 3.31. The van der Waals surface area contributed by atoms with E-state index in [1.165, 1.54) is 12.1 Å². The predicted molar refractivity (Wildman–Crippen MR) is 73.7 cm³/mol. The zero-order valence-corrected chi connectivity index (χ0v) is 11.6. The molecule has 8 heteroatoms. The van der Waals surface area contributed by atoms with Gasteiger partial charge in [0.15, 0.2) is 17.2 Å². The molecule has 0 atom stereocenters. The molecule has 4 nitrogen and oxygen atoms in total. The van der Waals surface area contributed by atoms with E-state index >= 15 is 0 Å². The Morgan fingerprint density at radius 2 is 1.77 bits per heavy atom. The normalized spacial score (nSPS) is 10.9. The molecular formula is C14H8ClF3N3O+. The number of anilines is 2. The number of benzene rings is 2. The fourth-order valence-electron chi connectivity index (χ4n) is 1.97. The maximum absolute atomic E-state index is 13.4. The first kappa shape index (κ1) is 14.4. The number of halogens is 4. The molecule has 0 radical (unpaired) electrons. The third kappa shape index (κ3) is 2.50. The van der Waals surface area contributed by atoms with Gasteiger partial charge >= 0.3 is 6.33 Å². The minimum Gasteiger partial charge on any atom is -0.349 e. The molecule has 3 rings (SSSR count). The number of nitrogens with one attached hydrogen (secondary N) is 1. The first-order valence-electron chi connectivity index (χ1n) is 6.06. The van der Waals surface area contributed by atoms with Gasteiger partial charge in [-0.3, -0.25) is 0 Å². The van der Waals surface area contributed by atoms with Gasteiger partial charge < -0.3 is 10.5 Å². The SMILES string of the molecule is O[n+]1cnc(Nc2ccc(F)c(Cl)c2)c2cc(F)c(F)cc21. The van der Waals surface area contributed by atoms with Gasteiger partial charge in [-0.1, -0.05) is 11.6 Å². The average Bonchev–Trinajstić information content (AvgIpc) is 2.48. The maximum Gasteiger partial charge on any atom is 0.328 e. The molecule has 1 heterocycles. The van der Waals surface area contributed by atoms with E-state index in [1.807, 2.05) is 0 Å². The van der Waals surface area contributed by atoms with E-state index in [1.54, 1.807) is 0 Å². The van der Waals surface area contributed by atoms with Crippen LogP contribution in [0.25, 0.3) is 10.9 Å². The van der Waals surface area contributed by atoms with E-state index in [0.717, 1.165) is 24.5 Å². The van der Waals surface area contributed by atoms with Gasteiger partial charge in [0.05, 0.1) is 10.4 Å². The molecule has 0 saturated carbocycles. The van der Waals surface area contributed by atoms with Crippen LogP contribution in [-0.2, 0) is 0 Å². The lowest BCUT2D eigenvalue weighted by Crippen LogP contribution is -2.31. The highest BCUT2D eigenvalue weighted by atomic mass is 35.5. The molecule has 0 aliphatic rings. The summed E-state index contributed by atoms with van der Waals surface area (Å²) in [6.07, 6.45) is 1.02. The quantitative estimate of drug-likeness (QED) is 0.559. The van der Waals surface area contributed by atoms with Crippen molar-refractivity contribution in [1.29, 1.82) is 0 Å². The minimum atomic E-state index is -1.10. The molecule has 0 bridgehead atoms. The summed E-state index contributed by atoms with van der Waals surface area (Å²) in [5.74, 6) is -2.61. The highest BCUT2D eigenvalue weighted by molar-refractivity contribution is 6.31. The number of fused-ring (bicyclic) bond motifs is 1. The van der Waals surface area contributed by atoms with Gasteiger partial charge in [0.25, 0.3) is 5.82 Å². The summed E-state index contributed by atoms with van der Waals surface area (Å²) < 4.78 is 40.4. The standard InChI is InChI=1S/C14H7ClF3N3O/c15-9-3-7(1-2-10(9)16)20-14-8-4-11(17)12(18)5-13(8)21(22)6-19-14/h1-6,22H/p+1. The van der Waals surface area contributed by atoms with Crippen LogP contribution in [0.3, 0.4) is 0 Å². The second-order valence-corrected chi connectivity index (χ2v) is 4.88. The predicted octanol–water partition coefficient (Wildman–Crippen LogP) is 3.57. The first-order valence-corrected chi connectivity index (χ1v) is 6.44. The van der Waals surface area contributed by atoms with Crippen molar-refractivity contribution in [2.24, 2.45) is 0 Å². The second-order valence-electron chi connectivity index (χ2n) is 4.48. The van der Waals surface area contributed by atoms with Crippen molar-refractivity contribution in [2.75, 3.05) is 5.32 Å². The lowest BCUT2D eigenvalue weighted by atomic mass is 10.2. The van der Waals surface area contributed by atoms with Crippen molar-refractivity contribution in [1.82, 2.24) is 4.98 Å². The van der Waals surface area contributed by atoms with E-state index in [-0.39, 0.29) is 21.7 Å². The fraction of sp³-hybridized carbons (Fsp3) is 0.